The second-order valence-corrected chi connectivity index (χ2v) is 4.43. The van der Waals surface area contributed by atoms with E-state index in [1.165, 1.54) is 10.9 Å². The van der Waals surface area contributed by atoms with Gasteiger partial charge in [-0.25, -0.2) is 4.68 Å². The van der Waals surface area contributed by atoms with E-state index in [0.29, 0.717) is 12.0 Å². The molecule has 2 rings (SSSR count). The van der Waals surface area contributed by atoms with E-state index < -0.39 is 0 Å². The summed E-state index contributed by atoms with van der Waals surface area (Å²) in [5.41, 5.74) is 0.894. The van der Waals surface area contributed by atoms with Crippen LogP contribution in [-0.4, -0.2) is 27.2 Å². The van der Waals surface area contributed by atoms with E-state index >= 15 is 0 Å². The number of aromatic nitrogens is 3. The second kappa shape index (κ2) is 5.54. The summed E-state index contributed by atoms with van der Waals surface area (Å²) < 4.78 is 2.24. The predicted molar refractivity (Wildman–Crippen MR) is 68.2 cm³/mol. The summed E-state index contributed by atoms with van der Waals surface area (Å²) >= 11 is 3.31. The number of carbonyl (C=O) groups excluding carboxylic acids is 2. The van der Waals surface area contributed by atoms with Crippen molar-refractivity contribution in [2.75, 3.05) is 5.32 Å². The van der Waals surface area contributed by atoms with Crippen LogP contribution in [0, 0.1) is 0 Å². The minimum atomic E-state index is -0.236. The summed E-state index contributed by atoms with van der Waals surface area (Å²) in [6.45, 7) is 0.0108. The number of anilines is 1. The number of carbonyl (C=O) groups is 2. The van der Waals surface area contributed by atoms with Crippen molar-refractivity contribution in [3.8, 4) is 0 Å². The molecule has 0 fully saturated rings. The number of hydrogen-bond acceptors (Lipinski definition) is 4. The highest BCUT2D eigenvalue weighted by molar-refractivity contribution is 9.10. The van der Waals surface area contributed by atoms with Crippen LogP contribution >= 0.6 is 15.9 Å². The average Bonchev–Trinajstić information content (AvgIpc) is 2.79. The molecule has 0 aliphatic rings. The van der Waals surface area contributed by atoms with E-state index in [4.69, 9.17) is 0 Å². The summed E-state index contributed by atoms with van der Waals surface area (Å²) in [6, 6.07) is 7.21. The third-order valence-corrected chi connectivity index (χ3v) is 2.64. The Morgan fingerprint density at radius 2 is 2.11 bits per heavy atom. The van der Waals surface area contributed by atoms with Crippen LogP contribution < -0.4 is 5.32 Å². The SMILES string of the molecule is O=Cc1cn(CC(=O)Nc2ccc(Br)cc2)nn1. The Kier molecular flexibility index (Phi) is 3.83. The van der Waals surface area contributed by atoms with Crippen molar-refractivity contribution in [1.29, 1.82) is 0 Å². The van der Waals surface area contributed by atoms with E-state index in [1.807, 2.05) is 12.1 Å². The Labute approximate surface area is 111 Å². The molecule has 0 atom stereocenters. The van der Waals surface area contributed by atoms with Gasteiger partial charge < -0.3 is 5.32 Å². The van der Waals surface area contributed by atoms with Gasteiger partial charge in [0, 0.05) is 10.2 Å². The molecule has 2 aromatic rings. The van der Waals surface area contributed by atoms with E-state index in [2.05, 4.69) is 31.6 Å². The fourth-order valence-corrected chi connectivity index (χ4v) is 1.59. The van der Waals surface area contributed by atoms with Crippen molar-refractivity contribution in [3.63, 3.8) is 0 Å². The van der Waals surface area contributed by atoms with Crippen molar-refractivity contribution < 1.29 is 9.59 Å². The minimum Gasteiger partial charge on any atom is -0.324 e. The molecule has 0 spiro atoms. The van der Waals surface area contributed by atoms with Crippen molar-refractivity contribution >= 4 is 33.8 Å². The van der Waals surface area contributed by atoms with Gasteiger partial charge in [-0.05, 0) is 24.3 Å². The van der Waals surface area contributed by atoms with E-state index in [9.17, 15) is 9.59 Å². The first-order valence-corrected chi connectivity index (χ1v) is 5.87. The van der Waals surface area contributed by atoms with Crippen LogP contribution in [0.4, 0.5) is 5.69 Å². The fourth-order valence-electron chi connectivity index (χ4n) is 1.33. The molecule has 1 amide bonds. The minimum absolute atomic E-state index is 0.0108. The standard InChI is InChI=1S/C11H9BrN4O2/c12-8-1-3-9(4-2-8)13-11(18)6-16-5-10(7-17)14-15-16/h1-5,7H,6H2,(H,13,18). The molecule has 7 heteroatoms. The van der Waals surface area contributed by atoms with Crippen LogP contribution in [0.3, 0.4) is 0 Å². The monoisotopic (exact) mass is 308 g/mol. The van der Waals surface area contributed by atoms with Crippen LogP contribution in [-0.2, 0) is 11.3 Å². The highest BCUT2D eigenvalue weighted by Crippen LogP contribution is 2.13. The Morgan fingerprint density at radius 3 is 2.72 bits per heavy atom. The number of benzene rings is 1. The lowest BCUT2D eigenvalue weighted by Gasteiger charge is -2.04. The predicted octanol–water partition coefficient (Wildman–Crippen LogP) is 1.49. The number of aldehydes is 1. The Morgan fingerprint density at radius 1 is 1.39 bits per heavy atom. The van der Waals surface area contributed by atoms with Gasteiger partial charge in [-0.1, -0.05) is 21.1 Å². The molecule has 0 unspecified atom stereocenters. The topological polar surface area (TPSA) is 76.9 Å². The molecule has 18 heavy (non-hydrogen) atoms. The highest BCUT2D eigenvalue weighted by atomic mass is 79.9. The Hall–Kier alpha value is -2.02. The van der Waals surface area contributed by atoms with Crippen LogP contribution in [0.15, 0.2) is 34.9 Å². The lowest BCUT2D eigenvalue weighted by Crippen LogP contribution is -2.19. The zero-order valence-corrected chi connectivity index (χ0v) is 10.8. The lowest BCUT2D eigenvalue weighted by atomic mass is 10.3. The Balaban J connectivity index is 1.96. The molecule has 1 heterocycles. The molecule has 0 aliphatic carbocycles. The molecular weight excluding hydrogens is 300 g/mol. The summed E-state index contributed by atoms with van der Waals surface area (Å²) in [7, 11) is 0. The summed E-state index contributed by atoms with van der Waals surface area (Å²) in [6.07, 6.45) is 1.99. The first-order valence-electron chi connectivity index (χ1n) is 5.08. The number of nitrogens with one attached hydrogen (secondary N) is 1. The van der Waals surface area contributed by atoms with Crippen LogP contribution in [0.1, 0.15) is 10.5 Å². The van der Waals surface area contributed by atoms with Crippen LogP contribution in [0.2, 0.25) is 0 Å². The van der Waals surface area contributed by atoms with Gasteiger partial charge >= 0.3 is 0 Å². The quantitative estimate of drug-likeness (QED) is 0.868. The maximum absolute atomic E-state index is 11.7. The van der Waals surface area contributed by atoms with Gasteiger partial charge in [0.1, 0.15) is 12.2 Å². The molecule has 1 aromatic heterocycles. The molecule has 0 saturated carbocycles. The van der Waals surface area contributed by atoms with Crippen LogP contribution in [0.5, 0.6) is 0 Å². The van der Waals surface area contributed by atoms with Gasteiger partial charge in [0.05, 0.1) is 6.20 Å². The summed E-state index contributed by atoms with van der Waals surface area (Å²) in [5, 5.41) is 9.92. The number of rotatable bonds is 4. The van der Waals surface area contributed by atoms with Gasteiger partial charge in [0.25, 0.3) is 0 Å². The lowest BCUT2D eigenvalue weighted by molar-refractivity contribution is -0.116. The molecule has 0 saturated heterocycles. The third-order valence-electron chi connectivity index (χ3n) is 2.11. The van der Waals surface area contributed by atoms with E-state index in [0.717, 1.165) is 4.47 Å². The van der Waals surface area contributed by atoms with Gasteiger partial charge in [-0.3, -0.25) is 9.59 Å². The fraction of sp³-hybridized carbons (Fsp3) is 0.0909. The number of nitrogens with zero attached hydrogens (tertiary/aromatic N) is 3. The molecule has 6 nitrogen and oxygen atoms in total. The molecule has 0 aliphatic heterocycles. The van der Waals surface area contributed by atoms with E-state index in [1.54, 1.807) is 12.1 Å². The van der Waals surface area contributed by atoms with Crippen molar-refractivity contribution in [1.82, 2.24) is 15.0 Å². The molecule has 1 aromatic carbocycles. The zero-order valence-electron chi connectivity index (χ0n) is 9.21. The first-order chi connectivity index (χ1) is 8.67. The number of hydrogen-bond donors (Lipinski definition) is 1. The number of halogens is 1. The molecular formula is C11H9BrN4O2. The summed E-state index contributed by atoms with van der Waals surface area (Å²) in [5.74, 6) is -0.236. The van der Waals surface area contributed by atoms with Gasteiger partial charge in [0.15, 0.2) is 6.29 Å². The molecule has 92 valence electrons. The maximum Gasteiger partial charge on any atom is 0.246 e. The van der Waals surface area contributed by atoms with Gasteiger partial charge in [-0.15, -0.1) is 5.10 Å². The maximum atomic E-state index is 11.7. The number of amides is 1. The first kappa shape index (κ1) is 12.4. The largest absolute Gasteiger partial charge is 0.324 e. The highest BCUT2D eigenvalue weighted by Gasteiger charge is 2.06. The second-order valence-electron chi connectivity index (χ2n) is 3.51. The van der Waals surface area contributed by atoms with Gasteiger partial charge in [0.2, 0.25) is 5.91 Å². The molecule has 0 bridgehead atoms. The smallest absolute Gasteiger partial charge is 0.246 e. The van der Waals surface area contributed by atoms with Crippen molar-refractivity contribution in [2.45, 2.75) is 6.54 Å². The molecule has 1 N–H and O–H groups in total. The van der Waals surface area contributed by atoms with Gasteiger partial charge in [-0.2, -0.15) is 0 Å². The summed E-state index contributed by atoms with van der Waals surface area (Å²) in [4.78, 5) is 22.1. The molecule has 0 radical (unpaired) electrons. The van der Waals surface area contributed by atoms with E-state index in [-0.39, 0.29) is 18.1 Å². The van der Waals surface area contributed by atoms with Crippen molar-refractivity contribution in [2.24, 2.45) is 0 Å². The Bertz CT molecular complexity index is 565. The third kappa shape index (κ3) is 3.24. The average molecular weight is 309 g/mol. The zero-order chi connectivity index (χ0) is 13.0. The van der Waals surface area contributed by atoms with Crippen molar-refractivity contribution in [3.05, 3.63) is 40.6 Å². The van der Waals surface area contributed by atoms with Crippen LogP contribution in [0.25, 0.3) is 0 Å². The normalized spacial score (nSPS) is 10.1.